The van der Waals surface area contributed by atoms with Crippen LogP contribution in [0.4, 0.5) is 0 Å². The minimum Gasteiger partial charge on any atom is -0.455 e. The molecule has 2 aromatic carbocycles. The fraction of sp³-hybridized carbons (Fsp3) is 0.300. The fourth-order valence-electron chi connectivity index (χ4n) is 2.83. The van der Waals surface area contributed by atoms with Crippen LogP contribution in [0.1, 0.15) is 29.5 Å². The SMILES string of the molecule is Cc1ccccc1CNC(=O)COC(=O)C1(c2ccc(Cl)cc2)CC1. The average Bonchev–Trinajstić information content (AvgIpc) is 3.41. The third-order valence-corrected chi connectivity index (χ3v) is 4.86. The summed E-state index contributed by atoms with van der Waals surface area (Å²) in [5.41, 5.74) is 2.43. The second-order valence-corrected chi connectivity index (χ2v) is 6.80. The van der Waals surface area contributed by atoms with Gasteiger partial charge in [-0.15, -0.1) is 0 Å². The van der Waals surface area contributed by atoms with Crippen molar-refractivity contribution >= 4 is 23.5 Å². The van der Waals surface area contributed by atoms with E-state index in [2.05, 4.69) is 5.32 Å². The molecule has 3 rings (SSSR count). The van der Waals surface area contributed by atoms with Crippen LogP contribution in [-0.2, 0) is 26.3 Å². The molecule has 0 spiro atoms. The van der Waals surface area contributed by atoms with Gasteiger partial charge in [0.25, 0.3) is 5.91 Å². The second-order valence-electron chi connectivity index (χ2n) is 6.37. The molecule has 0 heterocycles. The summed E-state index contributed by atoms with van der Waals surface area (Å²) in [5, 5.41) is 3.41. The first-order chi connectivity index (χ1) is 12.0. The zero-order valence-electron chi connectivity index (χ0n) is 14.0. The van der Waals surface area contributed by atoms with Crippen molar-refractivity contribution < 1.29 is 14.3 Å². The van der Waals surface area contributed by atoms with Crippen LogP contribution in [0.15, 0.2) is 48.5 Å². The lowest BCUT2D eigenvalue weighted by Gasteiger charge is -2.15. The van der Waals surface area contributed by atoms with Crippen molar-refractivity contribution in [3.05, 3.63) is 70.2 Å². The molecule has 0 bridgehead atoms. The van der Waals surface area contributed by atoms with Gasteiger partial charge in [0.1, 0.15) is 0 Å². The van der Waals surface area contributed by atoms with Gasteiger partial charge in [-0.05, 0) is 48.6 Å². The van der Waals surface area contributed by atoms with Crippen LogP contribution in [0, 0.1) is 6.92 Å². The van der Waals surface area contributed by atoms with E-state index < -0.39 is 5.41 Å². The van der Waals surface area contributed by atoms with Crippen LogP contribution in [0.5, 0.6) is 0 Å². The Hall–Kier alpha value is -2.33. The number of esters is 1. The summed E-state index contributed by atoms with van der Waals surface area (Å²) in [4.78, 5) is 24.4. The van der Waals surface area contributed by atoms with Gasteiger partial charge < -0.3 is 10.1 Å². The molecule has 1 saturated carbocycles. The number of hydrogen-bond acceptors (Lipinski definition) is 3. The molecule has 5 heteroatoms. The van der Waals surface area contributed by atoms with Gasteiger partial charge in [0, 0.05) is 11.6 Å². The number of carbonyl (C=O) groups excluding carboxylic acids is 2. The number of halogens is 1. The van der Waals surface area contributed by atoms with Crippen LogP contribution in [-0.4, -0.2) is 18.5 Å². The van der Waals surface area contributed by atoms with Crippen molar-refractivity contribution in [2.24, 2.45) is 0 Å². The Morgan fingerprint density at radius 2 is 1.80 bits per heavy atom. The lowest BCUT2D eigenvalue weighted by molar-refractivity contribution is -0.151. The van der Waals surface area contributed by atoms with E-state index in [1.54, 1.807) is 12.1 Å². The third kappa shape index (κ3) is 4.02. The molecule has 1 aliphatic rings. The van der Waals surface area contributed by atoms with Crippen molar-refractivity contribution in [3.63, 3.8) is 0 Å². The molecule has 1 fully saturated rings. The smallest absolute Gasteiger partial charge is 0.317 e. The molecule has 1 N–H and O–H groups in total. The van der Waals surface area contributed by atoms with Crippen molar-refractivity contribution in [3.8, 4) is 0 Å². The summed E-state index contributed by atoms with van der Waals surface area (Å²) >= 11 is 5.89. The highest BCUT2D eigenvalue weighted by atomic mass is 35.5. The van der Waals surface area contributed by atoms with Crippen LogP contribution in [0.3, 0.4) is 0 Å². The first-order valence-corrected chi connectivity index (χ1v) is 8.63. The number of amides is 1. The maximum absolute atomic E-state index is 12.4. The lowest BCUT2D eigenvalue weighted by atomic mass is 9.96. The van der Waals surface area contributed by atoms with E-state index in [9.17, 15) is 9.59 Å². The number of ether oxygens (including phenoxy) is 1. The van der Waals surface area contributed by atoms with Crippen molar-refractivity contribution in [1.29, 1.82) is 0 Å². The predicted octanol–water partition coefficient (Wildman–Crippen LogP) is 3.54. The Labute approximate surface area is 152 Å². The Kier molecular flexibility index (Phi) is 5.09. The molecule has 0 aromatic heterocycles. The maximum Gasteiger partial charge on any atom is 0.317 e. The van der Waals surface area contributed by atoms with E-state index >= 15 is 0 Å². The molecule has 25 heavy (non-hydrogen) atoms. The highest BCUT2D eigenvalue weighted by Gasteiger charge is 2.52. The van der Waals surface area contributed by atoms with E-state index in [-0.39, 0.29) is 18.5 Å². The fourth-order valence-corrected chi connectivity index (χ4v) is 2.95. The summed E-state index contributed by atoms with van der Waals surface area (Å²) in [6.45, 7) is 2.15. The Morgan fingerprint density at radius 3 is 2.44 bits per heavy atom. The van der Waals surface area contributed by atoms with Crippen LogP contribution >= 0.6 is 11.6 Å². The predicted molar refractivity (Wildman–Crippen MR) is 96.3 cm³/mol. The van der Waals surface area contributed by atoms with Crippen molar-refractivity contribution in [1.82, 2.24) is 5.32 Å². The van der Waals surface area contributed by atoms with Gasteiger partial charge in [-0.25, -0.2) is 0 Å². The topological polar surface area (TPSA) is 55.4 Å². The zero-order valence-corrected chi connectivity index (χ0v) is 14.8. The van der Waals surface area contributed by atoms with E-state index in [1.165, 1.54) is 0 Å². The molecule has 130 valence electrons. The molecule has 0 radical (unpaired) electrons. The minimum atomic E-state index is -0.610. The summed E-state index contributed by atoms with van der Waals surface area (Å²) in [6, 6.07) is 15.0. The first-order valence-electron chi connectivity index (χ1n) is 8.26. The highest BCUT2D eigenvalue weighted by Crippen LogP contribution is 2.49. The first kappa shape index (κ1) is 17.5. The second kappa shape index (κ2) is 7.28. The lowest BCUT2D eigenvalue weighted by Crippen LogP contribution is -2.31. The van der Waals surface area contributed by atoms with Crippen LogP contribution < -0.4 is 5.32 Å². The number of benzene rings is 2. The van der Waals surface area contributed by atoms with E-state index in [4.69, 9.17) is 16.3 Å². The van der Waals surface area contributed by atoms with Gasteiger partial charge in [0.15, 0.2) is 6.61 Å². The molecule has 1 amide bonds. The van der Waals surface area contributed by atoms with Gasteiger partial charge in [-0.3, -0.25) is 9.59 Å². The standard InChI is InChI=1S/C20H20ClNO3/c1-14-4-2-3-5-15(14)12-22-18(23)13-25-19(24)20(10-11-20)16-6-8-17(21)9-7-16/h2-9H,10-13H2,1H3,(H,22,23). The van der Waals surface area contributed by atoms with E-state index in [1.807, 2.05) is 43.3 Å². The van der Waals surface area contributed by atoms with Gasteiger partial charge in [0.05, 0.1) is 5.41 Å². The molecule has 2 aromatic rings. The zero-order chi connectivity index (χ0) is 17.9. The molecule has 0 atom stereocenters. The maximum atomic E-state index is 12.4. The monoisotopic (exact) mass is 357 g/mol. The molecule has 0 unspecified atom stereocenters. The molecule has 4 nitrogen and oxygen atoms in total. The van der Waals surface area contributed by atoms with Crippen molar-refractivity contribution in [2.75, 3.05) is 6.61 Å². The molecule has 1 aliphatic carbocycles. The van der Waals surface area contributed by atoms with E-state index in [0.717, 1.165) is 29.5 Å². The summed E-state index contributed by atoms with van der Waals surface area (Å²) < 4.78 is 5.25. The minimum absolute atomic E-state index is 0.264. The average molecular weight is 358 g/mol. The van der Waals surface area contributed by atoms with Gasteiger partial charge >= 0.3 is 5.97 Å². The molecule has 0 saturated heterocycles. The quantitative estimate of drug-likeness (QED) is 0.804. The van der Waals surface area contributed by atoms with Gasteiger partial charge in [-0.2, -0.15) is 0 Å². The highest BCUT2D eigenvalue weighted by molar-refractivity contribution is 6.30. The van der Waals surface area contributed by atoms with Crippen molar-refractivity contribution in [2.45, 2.75) is 31.7 Å². The summed E-state index contributed by atoms with van der Waals surface area (Å²) in [7, 11) is 0. The van der Waals surface area contributed by atoms with E-state index in [0.29, 0.717) is 11.6 Å². The van der Waals surface area contributed by atoms with Crippen LogP contribution in [0.2, 0.25) is 5.02 Å². The van der Waals surface area contributed by atoms with Crippen LogP contribution in [0.25, 0.3) is 0 Å². The van der Waals surface area contributed by atoms with Gasteiger partial charge in [-0.1, -0.05) is 48.0 Å². The third-order valence-electron chi connectivity index (χ3n) is 4.61. The molecular formula is C20H20ClNO3. The number of hydrogen-bond donors (Lipinski definition) is 1. The van der Waals surface area contributed by atoms with Gasteiger partial charge in [0.2, 0.25) is 0 Å². The number of aryl methyl sites for hydroxylation is 1. The number of rotatable bonds is 6. The molecular weight excluding hydrogens is 338 g/mol. The largest absolute Gasteiger partial charge is 0.455 e. The Bertz CT molecular complexity index is 782. The summed E-state index contributed by atoms with van der Waals surface area (Å²) in [5.74, 6) is -0.649. The summed E-state index contributed by atoms with van der Waals surface area (Å²) in [6.07, 6.45) is 1.47. The molecule has 0 aliphatic heterocycles. The Morgan fingerprint density at radius 1 is 1.12 bits per heavy atom. The Balaban J connectivity index is 1.51. The number of carbonyl (C=O) groups is 2. The number of nitrogens with one attached hydrogen (secondary N) is 1. The normalized spacial score (nSPS) is 14.6.